The summed E-state index contributed by atoms with van der Waals surface area (Å²) in [6, 6.07) is 0. The van der Waals surface area contributed by atoms with Crippen LogP contribution in [0.1, 0.15) is 38.5 Å². The fraction of sp³-hybridized carbons (Fsp3) is 0.647. The van der Waals surface area contributed by atoms with Gasteiger partial charge in [-0.2, -0.15) is 0 Å². The van der Waals surface area contributed by atoms with Gasteiger partial charge in [-0.25, -0.2) is 0 Å². The molecular formula is C17H20O2. The highest BCUT2D eigenvalue weighted by Gasteiger charge is 2.48. The first kappa shape index (κ1) is 11.6. The third-order valence-corrected chi connectivity index (χ3v) is 5.94. The minimum absolute atomic E-state index is 0.291. The van der Waals surface area contributed by atoms with E-state index in [4.69, 9.17) is 0 Å². The van der Waals surface area contributed by atoms with E-state index in [1.54, 1.807) is 0 Å². The minimum Gasteiger partial charge on any atom is -0.299 e. The number of hydrogen-bond acceptors (Lipinski definition) is 2. The molecule has 0 aromatic carbocycles. The average Bonchev–Trinajstić information content (AvgIpc) is 2.80. The molecule has 4 aliphatic rings. The summed E-state index contributed by atoms with van der Waals surface area (Å²) < 4.78 is 0. The van der Waals surface area contributed by atoms with Gasteiger partial charge >= 0.3 is 0 Å². The molecular weight excluding hydrogens is 236 g/mol. The molecule has 0 radical (unpaired) electrons. The number of Topliss-reactive ketones (excluding diaryl/α,β-unsaturated/α-hetero) is 1. The van der Waals surface area contributed by atoms with Gasteiger partial charge in [0.1, 0.15) is 5.78 Å². The zero-order valence-corrected chi connectivity index (χ0v) is 11.2. The molecule has 4 aliphatic carbocycles. The van der Waals surface area contributed by atoms with Gasteiger partial charge in [0.15, 0.2) is 5.78 Å². The topological polar surface area (TPSA) is 34.1 Å². The second kappa shape index (κ2) is 4.16. The molecule has 0 spiro atoms. The summed E-state index contributed by atoms with van der Waals surface area (Å²) in [5.74, 6) is 3.63. The van der Waals surface area contributed by atoms with Gasteiger partial charge in [-0.05, 0) is 61.0 Å². The average molecular weight is 256 g/mol. The van der Waals surface area contributed by atoms with E-state index in [2.05, 4.69) is 12.2 Å². The van der Waals surface area contributed by atoms with Crippen LogP contribution in [0.25, 0.3) is 0 Å². The fourth-order valence-corrected chi connectivity index (χ4v) is 5.09. The van der Waals surface area contributed by atoms with Crippen molar-refractivity contribution in [2.75, 3.05) is 0 Å². The van der Waals surface area contributed by atoms with Crippen molar-refractivity contribution in [2.24, 2.45) is 29.6 Å². The van der Waals surface area contributed by atoms with Crippen molar-refractivity contribution in [3.63, 3.8) is 0 Å². The summed E-state index contributed by atoms with van der Waals surface area (Å²) in [4.78, 5) is 23.5. The molecule has 100 valence electrons. The number of rotatable bonds is 0. The number of ketones is 2. The highest BCUT2D eigenvalue weighted by atomic mass is 16.1. The molecule has 0 bridgehead atoms. The molecule has 2 saturated carbocycles. The lowest BCUT2D eigenvalue weighted by Gasteiger charge is -2.45. The van der Waals surface area contributed by atoms with Crippen molar-refractivity contribution in [1.29, 1.82) is 0 Å². The monoisotopic (exact) mass is 256 g/mol. The summed E-state index contributed by atoms with van der Waals surface area (Å²) in [5.41, 5.74) is 1.26. The smallest absolute Gasteiger partial charge is 0.155 e. The van der Waals surface area contributed by atoms with Crippen LogP contribution in [0.5, 0.6) is 0 Å². The van der Waals surface area contributed by atoms with E-state index in [-0.39, 0.29) is 0 Å². The predicted molar refractivity (Wildman–Crippen MR) is 72.4 cm³/mol. The molecule has 2 nitrogen and oxygen atoms in total. The normalized spacial score (nSPS) is 44.4. The van der Waals surface area contributed by atoms with Crippen molar-refractivity contribution in [2.45, 2.75) is 38.5 Å². The molecule has 0 unspecified atom stereocenters. The molecule has 0 N–H and O–H groups in total. The molecule has 0 aromatic heterocycles. The summed E-state index contributed by atoms with van der Waals surface area (Å²) in [5, 5.41) is 0. The Labute approximate surface area is 113 Å². The molecule has 0 heterocycles. The lowest BCUT2D eigenvalue weighted by atomic mass is 9.58. The van der Waals surface area contributed by atoms with Gasteiger partial charge in [0.05, 0.1) is 0 Å². The van der Waals surface area contributed by atoms with Crippen LogP contribution >= 0.6 is 0 Å². The van der Waals surface area contributed by atoms with Crippen LogP contribution in [0.4, 0.5) is 0 Å². The zero-order chi connectivity index (χ0) is 13.0. The Morgan fingerprint density at radius 3 is 2.63 bits per heavy atom. The maximum Gasteiger partial charge on any atom is 0.155 e. The van der Waals surface area contributed by atoms with E-state index in [9.17, 15) is 9.59 Å². The van der Waals surface area contributed by atoms with Gasteiger partial charge in [-0.15, -0.1) is 0 Å². The van der Waals surface area contributed by atoms with Gasteiger partial charge in [0.2, 0.25) is 0 Å². The second-order valence-corrected chi connectivity index (χ2v) is 6.71. The highest BCUT2D eigenvalue weighted by molar-refractivity contribution is 5.92. The van der Waals surface area contributed by atoms with Crippen LogP contribution < -0.4 is 0 Å². The molecule has 2 heteroatoms. The quantitative estimate of drug-likeness (QED) is 0.667. The first-order valence-electron chi connectivity index (χ1n) is 7.69. The SMILES string of the molecule is O=C1C=C2C=C[C@H]3[C@@H]4CCC(=O)[C@H]4CC[C@@H]3[C@H]2CC1. The largest absolute Gasteiger partial charge is 0.299 e. The van der Waals surface area contributed by atoms with Crippen molar-refractivity contribution in [3.8, 4) is 0 Å². The van der Waals surface area contributed by atoms with Crippen LogP contribution in [-0.2, 0) is 9.59 Å². The van der Waals surface area contributed by atoms with E-state index in [1.165, 1.54) is 12.0 Å². The van der Waals surface area contributed by atoms with Crippen molar-refractivity contribution in [3.05, 3.63) is 23.8 Å². The number of hydrogen-bond donors (Lipinski definition) is 0. The first-order chi connectivity index (χ1) is 9.24. The van der Waals surface area contributed by atoms with Crippen molar-refractivity contribution >= 4 is 11.6 Å². The fourth-order valence-electron chi connectivity index (χ4n) is 5.09. The van der Waals surface area contributed by atoms with Gasteiger partial charge < -0.3 is 0 Å². The lowest BCUT2D eigenvalue weighted by molar-refractivity contribution is -0.122. The van der Waals surface area contributed by atoms with E-state index in [0.717, 1.165) is 32.1 Å². The molecule has 4 rings (SSSR count). The molecule has 0 aliphatic heterocycles. The number of allylic oxidation sites excluding steroid dienone is 4. The van der Waals surface area contributed by atoms with Gasteiger partial charge in [-0.3, -0.25) is 9.59 Å². The zero-order valence-electron chi connectivity index (χ0n) is 11.2. The van der Waals surface area contributed by atoms with Gasteiger partial charge in [0.25, 0.3) is 0 Å². The number of fused-ring (bicyclic) bond motifs is 5. The summed E-state index contributed by atoms with van der Waals surface area (Å²) in [7, 11) is 0. The molecule has 19 heavy (non-hydrogen) atoms. The van der Waals surface area contributed by atoms with Crippen molar-refractivity contribution in [1.82, 2.24) is 0 Å². The molecule has 2 fully saturated rings. The maximum absolute atomic E-state index is 11.9. The van der Waals surface area contributed by atoms with Crippen LogP contribution in [0.3, 0.4) is 0 Å². The second-order valence-electron chi connectivity index (χ2n) is 6.71. The molecule has 0 saturated heterocycles. The molecule has 5 atom stereocenters. The molecule has 0 amide bonds. The van der Waals surface area contributed by atoms with Crippen LogP contribution in [-0.4, -0.2) is 11.6 Å². The Morgan fingerprint density at radius 1 is 0.895 bits per heavy atom. The third kappa shape index (κ3) is 1.69. The Morgan fingerprint density at radius 2 is 1.74 bits per heavy atom. The highest BCUT2D eigenvalue weighted by Crippen LogP contribution is 2.53. The summed E-state index contributed by atoms with van der Waals surface area (Å²) in [6.07, 6.45) is 12.3. The Bertz CT molecular complexity index is 499. The minimum atomic E-state index is 0.291. The number of carbonyl (C=O) groups excluding carboxylic acids is 2. The third-order valence-electron chi connectivity index (χ3n) is 5.94. The van der Waals surface area contributed by atoms with E-state index in [1.807, 2.05) is 6.08 Å². The van der Waals surface area contributed by atoms with Crippen LogP contribution in [0.2, 0.25) is 0 Å². The Hall–Kier alpha value is -1.18. The predicted octanol–water partition coefficient (Wildman–Crippen LogP) is 3.08. The van der Waals surface area contributed by atoms with Crippen molar-refractivity contribution < 1.29 is 9.59 Å². The molecule has 0 aromatic rings. The van der Waals surface area contributed by atoms with E-state index in [0.29, 0.717) is 41.2 Å². The lowest BCUT2D eigenvalue weighted by Crippen LogP contribution is -2.39. The Balaban J connectivity index is 1.68. The van der Waals surface area contributed by atoms with Gasteiger partial charge in [-0.1, -0.05) is 12.2 Å². The van der Waals surface area contributed by atoms with E-state index < -0.39 is 0 Å². The van der Waals surface area contributed by atoms with Crippen LogP contribution in [0, 0.1) is 29.6 Å². The summed E-state index contributed by atoms with van der Waals surface area (Å²) in [6.45, 7) is 0. The standard InChI is InChI=1S/C17H20O2/c18-11-2-4-12-10(9-11)1-3-14-13(12)5-6-16-15(14)7-8-17(16)19/h1,3,9,12-16H,2,4-8H2/t12-,13+,14+,15-,16-/m0/s1. The summed E-state index contributed by atoms with van der Waals surface area (Å²) >= 11 is 0. The number of carbonyl (C=O) groups is 2. The van der Waals surface area contributed by atoms with E-state index >= 15 is 0 Å². The first-order valence-corrected chi connectivity index (χ1v) is 7.69. The maximum atomic E-state index is 11.9. The van der Waals surface area contributed by atoms with Crippen LogP contribution in [0.15, 0.2) is 23.8 Å². The Kier molecular flexibility index (Phi) is 2.54. The van der Waals surface area contributed by atoms with Gasteiger partial charge in [0, 0.05) is 18.8 Å².